The van der Waals surface area contributed by atoms with E-state index in [0.29, 0.717) is 5.82 Å². The van der Waals surface area contributed by atoms with Crippen LogP contribution in [0.4, 0.5) is 5.82 Å². The number of unbranched alkanes of at least 4 members (excludes halogenated alkanes) is 7. The van der Waals surface area contributed by atoms with E-state index in [1.807, 2.05) is 0 Å². The lowest BCUT2D eigenvalue weighted by molar-refractivity contribution is 0.0690. The van der Waals surface area contributed by atoms with Crippen LogP contribution in [0.25, 0.3) is 0 Å². The van der Waals surface area contributed by atoms with Gasteiger partial charge in [-0.3, -0.25) is 4.98 Å². The van der Waals surface area contributed by atoms with Gasteiger partial charge >= 0.3 is 5.97 Å². The second-order valence-corrected chi connectivity index (χ2v) is 5.00. The molecule has 0 aliphatic rings. The third kappa shape index (κ3) is 7.07. The van der Waals surface area contributed by atoms with Crippen molar-refractivity contribution in [1.29, 1.82) is 0 Å². The van der Waals surface area contributed by atoms with Crippen LogP contribution in [0.3, 0.4) is 0 Å². The number of carbonyl (C=O) groups is 1. The van der Waals surface area contributed by atoms with Gasteiger partial charge in [-0.15, -0.1) is 0 Å². The highest BCUT2D eigenvalue weighted by molar-refractivity contribution is 5.85. The molecule has 112 valence electrons. The molecular formula is C15H25N3O2. The number of aromatic nitrogens is 2. The van der Waals surface area contributed by atoms with Crippen LogP contribution < -0.4 is 5.32 Å². The molecule has 0 atom stereocenters. The van der Waals surface area contributed by atoms with Crippen molar-refractivity contribution < 1.29 is 9.90 Å². The summed E-state index contributed by atoms with van der Waals surface area (Å²) in [6.45, 7) is 3.04. The summed E-state index contributed by atoms with van der Waals surface area (Å²) in [5.74, 6) is -0.513. The zero-order valence-corrected chi connectivity index (χ0v) is 12.3. The van der Waals surface area contributed by atoms with Crippen molar-refractivity contribution in [2.24, 2.45) is 0 Å². The zero-order valence-electron chi connectivity index (χ0n) is 12.3. The van der Waals surface area contributed by atoms with Crippen LogP contribution in [0, 0.1) is 0 Å². The van der Waals surface area contributed by atoms with E-state index in [1.165, 1.54) is 51.1 Å². The van der Waals surface area contributed by atoms with E-state index in [0.717, 1.165) is 13.0 Å². The standard InChI is InChI=1S/C15H25N3O2/c1-2-3-4-5-6-7-8-9-10-17-14-12-16-11-13(18-14)15(19)20/h11-12H,2-10H2,1H3,(H,17,18)(H,19,20). The third-order valence-corrected chi connectivity index (χ3v) is 3.19. The van der Waals surface area contributed by atoms with Gasteiger partial charge in [0, 0.05) is 6.54 Å². The van der Waals surface area contributed by atoms with Gasteiger partial charge in [0.05, 0.1) is 12.4 Å². The van der Waals surface area contributed by atoms with Gasteiger partial charge in [-0.1, -0.05) is 51.9 Å². The zero-order chi connectivity index (χ0) is 14.6. The minimum Gasteiger partial charge on any atom is -0.476 e. The molecule has 0 aromatic carbocycles. The molecule has 0 aliphatic heterocycles. The number of nitrogens with zero attached hydrogens (tertiary/aromatic N) is 2. The molecule has 0 saturated carbocycles. The van der Waals surface area contributed by atoms with Crippen molar-refractivity contribution in [1.82, 2.24) is 9.97 Å². The van der Waals surface area contributed by atoms with Crippen LogP contribution in [0.5, 0.6) is 0 Å². The van der Waals surface area contributed by atoms with Crippen molar-refractivity contribution in [3.05, 3.63) is 18.1 Å². The number of carboxylic acids is 1. The predicted molar refractivity (Wildman–Crippen MR) is 80.1 cm³/mol. The van der Waals surface area contributed by atoms with Crippen LogP contribution in [0.15, 0.2) is 12.4 Å². The first-order valence-corrected chi connectivity index (χ1v) is 7.53. The normalized spacial score (nSPS) is 10.4. The van der Waals surface area contributed by atoms with Gasteiger partial charge in [-0.25, -0.2) is 9.78 Å². The number of rotatable bonds is 11. The molecule has 1 aromatic heterocycles. The summed E-state index contributed by atoms with van der Waals surface area (Å²) in [6, 6.07) is 0. The van der Waals surface area contributed by atoms with Crippen LogP contribution in [-0.4, -0.2) is 27.6 Å². The van der Waals surface area contributed by atoms with Crippen molar-refractivity contribution in [3.8, 4) is 0 Å². The van der Waals surface area contributed by atoms with Gasteiger partial charge in [-0.05, 0) is 6.42 Å². The Bertz CT molecular complexity index is 396. The Hall–Kier alpha value is -1.65. The number of hydrogen-bond donors (Lipinski definition) is 2. The van der Waals surface area contributed by atoms with Crippen LogP contribution in [0.2, 0.25) is 0 Å². The molecule has 1 rings (SSSR count). The third-order valence-electron chi connectivity index (χ3n) is 3.19. The second kappa shape index (κ2) is 10.2. The first-order valence-electron chi connectivity index (χ1n) is 7.53. The fraction of sp³-hybridized carbons (Fsp3) is 0.667. The molecular weight excluding hydrogens is 254 g/mol. The number of anilines is 1. The molecule has 0 aliphatic carbocycles. The van der Waals surface area contributed by atoms with Gasteiger partial charge in [-0.2, -0.15) is 0 Å². The number of aromatic carboxylic acids is 1. The Morgan fingerprint density at radius 1 is 1.10 bits per heavy atom. The fourth-order valence-corrected chi connectivity index (χ4v) is 2.03. The molecule has 0 amide bonds. The smallest absolute Gasteiger partial charge is 0.356 e. The maximum atomic E-state index is 10.7. The van der Waals surface area contributed by atoms with Crippen LogP contribution in [0.1, 0.15) is 68.8 Å². The fourth-order valence-electron chi connectivity index (χ4n) is 2.03. The molecule has 1 aromatic rings. The quantitative estimate of drug-likeness (QED) is 0.604. The molecule has 0 fully saturated rings. The van der Waals surface area contributed by atoms with Gasteiger partial charge < -0.3 is 10.4 Å². The highest BCUT2D eigenvalue weighted by Crippen LogP contribution is 2.09. The molecule has 5 nitrogen and oxygen atoms in total. The van der Waals surface area contributed by atoms with Crippen molar-refractivity contribution in [2.45, 2.75) is 58.3 Å². The summed E-state index contributed by atoms with van der Waals surface area (Å²) in [6.07, 6.45) is 13.0. The summed E-state index contributed by atoms with van der Waals surface area (Å²) in [4.78, 5) is 18.6. The van der Waals surface area contributed by atoms with Crippen molar-refractivity contribution in [3.63, 3.8) is 0 Å². The second-order valence-electron chi connectivity index (χ2n) is 5.00. The Morgan fingerprint density at radius 3 is 2.40 bits per heavy atom. The van der Waals surface area contributed by atoms with Crippen LogP contribution >= 0.6 is 0 Å². The molecule has 2 N–H and O–H groups in total. The average molecular weight is 279 g/mol. The van der Waals surface area contributed by atoms with E-state index in [-0.39, 0.29) is 5.69 Å². The topological polar surface area (TPSA) is 75.1 Å². The van der Waals surface area contributed by atoms with E-state index >= 15 is 0 Å². The van der Waals surface area contributed by atoms with E-state index in [2.05, 4.69) is 22.2 Å². The van der Waals surface area contributed by atoms with Crippen LogP contribution in [-0.2, 0) is 0 Å². The summed E-state index contributed by atoms with van der Waals surface area (Å²) < 4.78 is 0. The molecule has 20 heavy (non-hydrogen) atoms. The molecule has 0 spiro atoms. The Balaban J connectivity index is 2.06. The van der Waals surface area contributed by atoms with Gasteiger partial charge in [0.25, 0.3) is 0 Å². The Morgan fingerprint density at radius 2 is 1.75 bits per heavy atom. The molecule has 0 bridgehead atoms. The number of carboxylic acid groups (broad SMARTS) is 1. The summed E-state index contributed by atoms with van der Waals surface area (Å²) in [5, 5.41) is 11.9. The summed E-state index contributed by atoms with van der Waals surface area (Å²) in [7, 11) is 0. The van der Waals surface area contributed by atoms with Gasteiger partial charge in [0.15, 0.2) is 5.69 Å². The van der Waals surface area contributed by atoms with Gasteiger partial charge in [0.1, 0.15) is 5.82 Å². The first kappa shape index (κ1) is 16.4. The molecule has 0 radical (unpaired) electrons. The van der Waals surface area contributed by atoms with Crippen molar-refractivity contribution >= 4 is 11.8 Å². The molecule has 5 heteroatoms. The monoisotopic (exact) mass is 279 g/mol. The predicted octanol–water partition coefficient (Wildman–Crippen LogP) is 3.73. The largest absolute Gasteiger partial charge is 0.476 e. The van der Waals surface area contributed by atoms with E-state index in [4.69, 9.17) is 5.11 Å². The van der Waals surface area contributed by atoms with E-state index in [9.17, 15) is 4.79 Å². The molecule has 1 heterocycles. The SMILES string of the molecule is CCCCCCCCCCNc1cncc(C(=O)O)n1. The van der Waals surface area contributed by atoms with E-state index < -0.39 is 5.97 Å². The highest BCUT2D eigenvalue weighted by Gasteiger charge is 2.05. The lowest BCUT2D eigenvalue weighted by atomic mass is 10.1. The van der Waals surface area contributed by atoms with E-state index in [1.54, 1.807) is 6.20 Å². The summed E-state index contributed by atoms with van der Waals surface area (Å²) >= 11 is 0. The maximum absolute atomic E-state index is 10.7. The molecule has 0 saturated heterocycles. The summed E-state index contributed by atoms with van der Waals surface area (Å²) in [5.41, 5.74) is -0.0223. The average Bonchev–Trinajstić information content (AvgIpc) is 2.46. The van der Waals surface area contributed by atoms with Crippen molar-refractivity contribution in [2.75, 3.05) is 11.9 Å². The highest BCUT2D eigenvalue weighted by atomic mass is 16.4. The first-order chi connectivity index (χ1) is 9.74. The lowest BCUT2D eigenvalue weighted by Crippen LogP contribution is -2.07. The Kier molecular flexibility index (Phi) is 8.35. The minimum absolute atomic E-state index is 0.0223. The number of hydrogen-bond acceptors (Lipinski definition) is 4. The maximum Gasteiger partial charge on any atom is 0.356 e. The lowest BCUT2D eigenvalue weighted by Gasteiger charge is -2.05. The minimum atomic E-state index is -1.05. The number of nitrogens with one attached hydrogen (secondary N) is 1. The Labute approximate surface area is 120 Å². The van der Waals surface area contributed by atoms with Gasteiger partial charge in [0.2, 0.25) is 0 Å². The molecule has 0 unspecified atom stereocenters.